The molecular formula is C11H16ClFN2. The molecule has 0 bridgehead atoms. The molecule has 0 spiro atoms. The Hall–Kier alpha value is -0.640. The molecule has 84 valence electrons. The zero-order valence-electron chi connectivity index (χ0n) is 9.00. The van der Waals surface area contributed by atoms with Gasteiger partial charge in [-0.15, -0.1) is 0 Å². The molecule has 1 rings (SSSR count). The van der Waals surface area contributed by atoms with Crippen molar-refractivity contribution in [3.8, 4) is 0 Å². The first kappa shape index (κ1) is 12.4. The summed E-state index contributed by atoms with van der Waals surface area (Å²) in [6, 6.07) is 4.67. The van der Waals surface area contributed by atoms with Crippen molar-refractivity contribution < 1.29 is 4.39 Å². The van der Waals surface area contributed by atoms with Crippen LogP contribution in [0.25, 0.3) is 0 Å². The van der Waals surface area contributed by atoms with Crippen LogP contribution < -0.4 is 5.73 Å². The van der Waals surface area contributed by atoms with Crippen LogP contribution in [0.2, 0.25) is 5.02 Å². The van der Waals surface area contributed by atoms with E-state index >= 15 is 0 Å². The second kappa shape index (κ2) is 5.45. The normalized spacial score (nSPS) is 13.2. The molecule has 0 heterocycles. The highest BCUT2D eigenvalue weighted by molar-refractivity contribution is 6.31. The maximum atomic E-state index is 13.6. The molecule has 15 heavy (non-hydrogen) atoms. The van der Waals surface area contributed by atoms with E-state index in [4.69, 9.17) is 17.3 Å². The number of nitrogens with zero attached hydrogens (tertiary/aromatic N) is 1. The topological polar surface area (TPSA) is 29.3 Å². The molecule has 1 unspecified atom stereocenters. The molecule has 1 atom stereocenters. The Kier molecular flexibility index (Phi) is 4.51. The third-order valence-corrected chi connectivity index (χ3v) is 2.73. The molecule has 1 aromatic rings. The molecule has 0 saturated heterocycles. The fourth-order valence-corrected chi connectivity index (χ4v) is 1.94. The number of hydrogen-bond acceptors (Lipinski definition) is 2. The fraction of sp³-hybridized carbons (Fsp3) is 0.455. The third-order valence-electron chi connectivity index (χ3n) is 2.40. The third kappa shape index (κ3) is 2.91. The number of nitrogens with two attached hydrogens (primary N) is 1. The highest BCUT2D eigenvalue weighted by Crippen LogP contribution is 2.30. The van der Waals surface area contributed by atoms with Gasteiger partial charge in [-0.3, -0.25) is 0 Å². The van der Waals surface area contributed by atoms with Crippen LogP contribution >= 0.6 is 11.6 Å². The molecular weight excluding hydrogens is 215 g/mol. The van der Waals surface area contributed by atoms with Crippen LogP contribution in [0.15, 0.2) is 18.2 Å². The van der Waals surface area contributed by atoms with Crippen molar-refractivity contribution in [1.82, 2.24) is 4.90 Å². The average Bonchev–Trinajstić information content (AvgIpc) is 2.15. The second-order valence-corrected chi connectivity index (χ2v) is 4.10. The summed E-state index contributed by atoms with van der Waals surface area (Å²) in [4.78, 5) is 1.93. The summed E-state index contributed by atoms with van der Waals surface area (Å²) in [6.45, 7) is 0.507. The first-order chi connectivity index (χ1) is 7.07. The van der Waals surface area contributed by atoms with E-state index in [1.54, 1.807) is 12.1 Å². The maximum Gasteiger partial charge on any atom is 0.129 e. The highest BCUT2D eigenvalue weighted by Gasteiger charge is 2.19. The summed E-state index contributed by atoms with van der Waals surface area (Å²) in [7, 11) is 3.78. The van der Waals surface area contributed by atoms with Crippen molar-refractivity contribution >= 4 is 11.6 Å². The van der Waals surface area contributed by atoms with Gasteiger partial charge >= 0.3 is 0 Å². The summed E-state index contributed by atoms with van der Waals surface area (Å²) in [5, 5.41) is 0.460. The molecule has 0 aliphatic rings. The Labute approximate surface area is 94.8 Å². The summed E-state index contributed by atoms with van der Waals surface area (Å²) < 4.78 is 13.6. The van der Waals surface area contributed by atoms with E-state index in [0.717, 1.165) is 0 Å². The monoisotopic (exact) mass is 230 g/mol. The van der Waals surface area contributed by atoms with Gasteiger partial charge in [-0.2, -0.15) is 0 Å². The Morgan fingerprint density at radius 1 is 1.47 bits per heavy atom. The molecule has 0 aliphatic heterocycles. The molecule has 0 amide bonds. The summed E-state index contributed by atoms with van der Waals surface area (Å²) in [5.74, 6) is -0.269. The standard InChI is InChI=1S/C11H16ClFN2/c1-15(2)10(6-7-14)11-8(12)4-3-5-9(11)13/h3-5,10H,6-7,14H2,1-2H3. The Morgan fingerprint density at radius 2 is 2.13 bits per heavy atom. The molecule has 2 nitrogen and oxygen atoms in total. The van der Waals surface area contributed by atoms with E-state index in [1.807, 2.05) is 19.0 Å². The van der Waals surface area contributed by atoms with Crippen LogP contribution in [-0.2, 0) is 0 Å². The molecule has 0 aromatic heterocycles. The fourth-order valence-electron chi connectivity index (χ4n) is 1.65. The molecule has 0 aliphatic carbocycles. The summed E-state index contributed by atoms with van der Waals surface area (Å²) in [5.41, 5.74) is 6.05. The Bertz CT molecular complexity index is 308. The molecule has 4 heteroatoms. The van der Waals surface area contributed by atoms with Gasteiger partial charge in [0.15, 0.2) is 0 Å². The van der Waals surface area contributed by atoms with Gasteiger partial charge in [-0.25, -0.2) is 4.39 Å². The van der Waals surface area contributed by atoms with E-state index in [2.05, 4.69) is 0 Å². The van der Waals surface area contributed by atoms with Crippen LogP contribution in [0, 0.1) is 5.82 Å². The van der Waals surface area contributed by atoms with Crippen molar-refractivity contribution in [2.24, 2.45) is 5.73 Å². The van der Waals surface area contributed by atoms with E-state index < -0.39 is 0 Å². The van der Waals surface area contributed by atoms with Crippen LogP contribution in [0.3, 0.4) is 0 Å². The average molecular weight is 231 g/mol. The Balaban J connectivity index is 3.10. The molecule has 0 radical (unpaired) electrons. The molecule has 0 fully saturated rings. The van der Waals surface area contributed by atoms with Gasteiger partial charge in [0.2, 0.25) is 0 Å². The zero-order chi connectivity index (χ0) is 11.4. The minimum atomic E-state index is -0.269. The van der Waals surface area contributed by atoms with Crippen molar-refractivity contribution in [2.45, 2.75) is 12.5 Å². The van der Waals surface area contributed by atoms with E-state index in [1.165, 1.54) is 6.07 Å². The lowest BCUT2D eigenvalue weighted by Crippen LogP contribution is -2.24. The second-order valence-electron chi connectivity index (χ2n) is 3.69. The van der Waals surface area contributed by atoms with E-state index in [-0.39, 0.29) is 11.9 Å². The summed E-state index contributed by atoms with van der Waals surface area (Å²) in [6.07, 6.45) is 0.688. The first-order valence-electron chi connectivity index (χ1n) is 4.88. The van der Waals surface area contributed by atoms with E-state index in [0.29, 0.717) is 23.6 Å². The SMILES string of the molecule is CN(C)C(CCN)c1c(F)cccc1Cl. The zero-order valence-corrected chi connectivity index (χ0v) is 9.76. The van der Waals surface area contributed by atoms with Gasteiger partial charge in [0.1, 0.15) is 5.82 Å². The van der Waals surface area contributed by atoms with Gasteiger partial charge in [0, 0.05) is 16.6 Å². The highest BCUT2D eigenvalue weighted by atomic mass is 35.5. The van der Waals surface area contributed by atoms with E-state index in [9.17, 15) is 4.39 Å². The predicted octanol–water partition coefficient (Wildman–Crippen LogP) is 2.43. The van der Waals surface area contributed by atoms with Crippen molar-refractivity contribution in [1.29, 1.82) is 0 Å². The van der Waals surface area contributed by atoms with Crippen molar-refractivity contribution in [3.63, 3.8) is 0 Å². The maximum absolute atomic E-state index is 13.6. The molecule has 2 N–H and O–H groups in total. The number of halogens is 2. The number of hydrogen-bond donors (Lipinski definition) is 1. The smallest absolute Gasteiger partial charge is 0.129 e. The Morgan fingerprint density at radius 3 is 2.60 bits per heavy atom. The summed E-state index contributed by atoms with van der Waals surface area (Å²) >= 11 is 6.00. The quantitative estimate of drug-likeness (QED) is 0.861. The number of rotatable bonds is 4. The minimum absolute atomic E-state index is 0.0660. The largest absolute Gasteiger partial charge is 0.330 e. The van der Waals surface area contributed by atoms with Crippen molar-refractivity contribution in [2.75, 3.05) is 20.6 Å². The van der Waals surface area contributed by atoms with Crippen LogP contribution in [0.5, 0.6) is 0 Å². The van der Waals surface area contributed by atoms with Gasteiger partial charge in [0.05, 0.1) is 0 Å². The van der Waals surface area contributed by atoms with Gasteiger partial charge in [-0.05, 0) is 39.2 Å². The lowest BCUT2D eigenvalue weighted by molar-refractivity contribution is 0.280. The van der Waals surface area contributed by atoms with Crippen molar-refractivity contribution in [3.05, 3.63) is 34.6 Å². The minimum Gasteiger partial charge on any atom is -0.330 e. The first-order valence-corrected chi connectivity index (χ1v) is 5.26. The van der Waals surface area contributed by atoms with Crippen LogP contribution in [0.4, 0.5) is 4.39 Å². The van der Waals surface area contributed by atoms with Crippen LogP contribution in [-0.4, -0.2) is 25.5 Å². The predicted molar refractivity (Wildman–Crippen MR) is 61.5 cm³/mol. The lowest BCUT2D eigenvalue weighted by atomic mass is 10.0. The number of benzene rings is 1. The van der Waals surface area contributed by atoms with Crippen LogP contribution in [0.1, 0.15) is 18.0 Å². The molecule has 0 saturated carbocycles. The van der Waals surface area contributed by atoms with Gasteiger partial charge < -0.3 is 10.6 Å². The van der Waals surface area contributed by atoms with Gasteiger partial charge in [0.25, 0.3) is 0 Å². The molecule has 1 aromatic carbocycles. The lowest BCUT2D eigenvalue weighted by Gasteiger charge is -2.25. The van der Waals surface area contributed by atoms with Gasteiger partial charge in [-0.1, -0.05) is 17.7 Å².